The predicted octanol–water partition coefficient (Wildman–Crippen LogP) is 4.13. The number of carbonyl (C=O) groups is 2. The van der Waals surface area contributed by atoms with Gasteiger partial charge in [-0.15, -0.1) is 11.3 Å². The SMILES string of the molecule is COc1cc(-c2cncc(-c3cc(NC(=O)CC4CCC4)cs3)n2)ccc1C(=O)NO. The summed E-state index contributed by atoms with van der Waals surface area (Å²) in [6.07, 6.45) is 7.37. The molecule has 9 heteroatoms. The number of aromatic nitrogens is 2. The number of hydrogen-bond acceptors (Lipinski definition) is 7. The third-order valence-electron chi connectivity index (χ3n) is 5.31. The van der Waals surface area contributed by atoms with E-state index in [-0.39, 0.29) is 11.5 Å². The minimum Gasteiger partial charge on any atom is -0.496 e. The van der Waals surface area contributed by atoms with Crippen molar-refractivity contribution in [2.45, 2.75) is 25.7 Å². The summed E-state index contributed by atoms with van der Waals surface area (Å²) in [7, 11) is 1.45. The van der Waals surface area contributed by atoms with Gasteiger partial charge < -0.3 is 10.1 Å². The lowest BCUT2D eigenvalue weighted by Crippen LogP contribution is -2.20. The van der Waals surface area contributed by atoms with Gasteiger partial charge in [-0.25, -0.2) is 10.5 Å². The third-order valence-corrected chi connectivity index (χ3v) is 6.27. The first-order valence-electron chi connectivity index (χ1n) is 9.91. The van der Waals surface area contributed by atoms with Crippen molar-refractivity contribution in [2.24, 2.45) is 5.92 Å². The molecule has 1 aromatic carbocycles. The summed E-state index contributed by atoms with van der Waals surface area (Å²) in [5.74, 6) is 0.220. The number of benzene rings is 1. The molecule has 2 heterocycles. The Bertz CT molecular complexity index is 1110. The van der Waals surface area contributed by atoms with Gasteiger partial charge in [0.25, 0.3) is 5.91 Å². The lowest BCUT2D eigenvalue weighted by atomic mass is 9.83. The van der Waals surface area contributed by atoms with Gasteiger partial charge in [-0.1, -0.05) is 12.5 Å². The van der Waals surface area contributed by atoms with Crippen molar-refractivity contribution in [3.05, 3.63) is 47.6 Å². The topological polar surface area (TPSA) is 113 Å². The first-order valence-corrected chi connectivity index (χ1v) is 10.8. The van der Waals surface area contributed by atoms with Crippen LogP contribution in [0.3, 0.4) is 0 Å². The van der Waals surface area contributed by atoms with Crippen LogP contribution in [-0.2, 0) is 4.79 Å². The van der Waals surface area contributed by atoms with Gasteiger partial charge in [0.1, 0.15) is 5.75 Å². The van der Waals surface area contributed by atoms with Crippen LogP contribution in [0.4, 0.5) is 5.69 Å². The molecule has 8 nitrogen and oxygen atoms in total. The molecule has 0 aliphatic heterocycles. The molecule has 1 saturated carbocycles. The van der Waals surface area contributed by atoms with Crippen LogP contribution < -0.4 is 15.5 Å². The second-order valence-corrected chi connectivity index (χ2v) is 8.31. The molecule has 2 amide bonds. The lowest BCUT2D eigenvalue weighted by molar-refractivity contribution is -0.117. The summed E-state index contributed by atoms with van der Waals surface area (Å²) in [6, 6.07) is 6.82. The molecular formula is C22H22N4O4S. The van der Waals surface area contributed by atoms with Crippen molar-refractivity contribution >= 4 is 28.8 Å². The summed E-state index contributed by atoms with van der Waals surface area (Å²) in [6.45, 7) is 0. The molecule has 0 spiro atoms. The first-order chi connectivity index (χ1) is 15.1. The van der Waals surface area contributed by atoms with E-state index in [9.17, 15) is 9.59 Å². The van der Waals surface area contributed by atoms with Gasteiger partial charge in [0, 0.05) is 17.4 Å². The highest BCUT2D eigenvalue weighted by Crippen LogP contribution is 2.32. The maximum Gasteiger partial charge on any atom is 0.278 e. The molecule has 1 fully saturated rings. The van der Waals surface area contributed by atoms with Crippen LogP contribution in [0.15, 0.2) is 42.0 Å². The number of nitrogens with zero attached hydrogens (tertiary/aromatic N) is 2. The van der Waals surface area contributed by atoms with E-state index in [0.717, 1.165) is 23.4 Å². The molecule has 0 radical (unpaired) electrons. The van der Waals surface area contributed by atoms with Gasteiger partial charge in [-0.2, -0.15) is 0 Å². The number of amides is 2. The van der Waals surface area contributed by atoms with E-state index < -0.39 is 5.91 Å². The minimum absolute atomic E-state index is 0.0491. The highest BCUT2D eigenvalue weighted by molar-refractivity contribution is 7.14. The van der Waals surface area contributed by atoms with E-state index in [0.29, 0.717) is 35.0 Å². The van der Waals surface area contributed by atoms with Gasteiger partial charge in [0.05, 0.1) is 47.0 Å². The Morgan fingerprint density at radius 1 is 1.23 bits per heavy atom. The molecule has 0 saturated heterocycles. The Hall–Kier alpha value is -3.30. The maximum atomic E-state index is 12.2. The molecule has 160 valence electrons. The molecule has 4 rings (SSSR count). The van der Waals surface area contributed by atoms with Gasteiger partial charge >= 0.3 is 0 Å². The summed E-state index contributed by atoms with van der Waals surface area (Å²) in [4.78, 5) is 33.8. The predicted molar refractivity (Wildman–Crippen MR) is 117 cm³/mol. The Morgan fingerprint density at radius 3 is 2.74 bits per heavy atom. The van der Waals surface area contributed by atoms with Gasteiger partial charge in [-0.05, 0) is 37.0 Å². The van der Waals surface area contributed by atoms with Crippen molar-refractivity contribution in [1.82, 2.24) is 15.4 Å². The van der Waals surface area contributed by atoms with E-state index in [1.807, 2.05) is 11.4 Å². The summed E-state index contributed by atoms with van der Waals surface area (Å²) < 4.78 is 5.27. The Morgan fingerprint density at radius 2 is 2.03 bits per heavy atom. The molecule has 0 unspecified atom stereocenters. The first kappa shape index (κ1) is 21.0. The Kier molecular flexibility index (Phi) is 6.24. The quantitative estimate of drug-likeness (QED) is 0.378. The minimum atomic E-state index is -0.659. The van der Waals surface area contributed by atoms with Crippen molar-refractivity contribution < 1.29 is 19.5 Å². The second kappa shape index (κ2) is 9.23. The van der Waals surface area contributed by atoms with Crippen LogP contribution in [0.5, 0.6) is 5.75 Å². The summed E-state index contributed by atoms with van der Waals surface area (Å²) >= 11 is 1.48. The summed E-state index contributed by atoms with van der Waals surface area (Å²) in [5, 5.41) is 13.7. The number of methoxy groups -OCH3 is 1. The fourth-order valence-corrected chi connectivity index (χ4v) is 4.22. The number of carbonyl (C=O) groups excluding carboxylic acids is 2. The number of rotatable bonds is 7. The summed E-state index contributed by atoms with van der Waals surface area (Å²) in [5.41, 5.74) is 4.57. The highest BCUT2D eigenvalue weighted by Gasteiger charge is 2.21. The Labute approximate surface area is 183 Å². The van der Waals surface area contributed by atoms with Crippen LogP contribution in [0.25, 0.3) is 21.8 Å². The number of hydrogen-bond donors (Lipinski definition) is 3. The molecule has 0 atom stereocenters. The van der Waals surface area contributed by atoms with Crippen LogP contribution in [0, 0.1) is 5.92 Å². The van der Waals surface area contributed by atoms with Gasteiger partial charge in [0.15, 0.2) is 0 Å². The normalized spacial score (nSPS) is 13.4. The van der Waals surface area contributed by atoms with Gasteiger partial charge in [0.2, 0.25) is 5.91 Å². The second-order valence-electron chi connectivity index (χ2n) is 7.39. The van der Waals surface area contributed by atoms with E-state index in [2.05, 4.69) is 15.3 Å². The van der Waals surface area contributed by atoms with Crippen molar-refractivity contribution in [3.8, 4) is 27.6 Å². The van der Waals surface area contributed by atoms with Crippen LogP contribution in [0.1, 0.15) is 36.0 Å². The fraction of sp³-hybridized carbons (Fsp3) is 0.273. The molecule has 3 aromatic rings. The lowest BCUT2D eigenvalue weighted by Gasteiger charge is -2.24. The average Bonchev–Trinajstić information content (AvgIpc) is 3.23. The van der Waals surface area contributed by atoms with E-state index in [4.69, 9.17) is 9.94 Å². The average molecular weight is 439 g/mol. The molecule has 1 aliphatic carbocycles. The zero-order valence-corrected chi connectivity index (χ0v) is 17.7. The van der Waals surface area contributed by atoms with E-state index >= 15 is 0 Å². The molecule has 0 bridgehead atoms. The third kappa shape index (κ3) is 4.73. The zero-order chi connectivity index (χ0) is 21.8. The molecule has 1 aliphatic rings. The van der Waals surface area contributed by atoms with Crippen LogP contribution >= 0.6 is 11.3 Å². The molecule has 31 heavy (non-hydrogen) atoms. The number of anilines is 1. The van der Waals surface area contributed by atoms with Crippen LogP contribution in [0.2, 0.25) is 0 Å². The Balaban J connectivity index is 1.53. The number of ether oxygens (including phenoxy) is 1. The maximum absolute atomic E-state index is 12.2. The van der Waals surface area contributed by atoms with Crippen molar-refractivity contribution in [2.75, 3.05) is 12.4 Å². The standard InChI is InChI=1S/C22H22N4O4S/c1-30-19-8-14(5-6-16(19)22(28)26-29)17-10-23-11-18(25-17)20-9-15(12-31-20)24-21(27)7-13-3-2-4-13/h5-6,8-13,29H,2-4,7H2,1H3,(H,24,27)(H,26,28). The number of thiophene rings is 1. The van der Waals surface area contributed by atoms with E-state index in [1.165, 1.54) is 24.9 Å². The molecule has 2 aromatic heterocycles. The highest BCUT2D eigenvalue weighted by atomic mass is 32.1. The van der Waals surface area contributed by atoms with E-state index in [1.54, 1.807) is 36.1 Å². The zero-order valence-electron chi connectivity index (χ0n) is 16.9. The molecule has 3 N–H and O–H groups in total. The van der Waals surface area contributed by atoms with Gasteiger partial charge in [-0.3, -0.25) is 19.8 Å². The van der Waals surface area contributed by atoms with Crippen molar-refractivity contribution in [3.63, 3.8) is 0 Å². The number of hydroxylamine groups is 1. The van der Waals surface area contributed by atoms with Crippen LogP contribution in [-0.4, -0.2) is 34.1 Å². The number of nitrogens with one attached hydrogen (secondary N) is 2. The van der Waals surface area contributed by atoms with Crippen molar-refractivity contribution in [1.29, 1.82) is 0 Å². The largest absolute Gasteiger partial charge is 0.496 e. The smallest absolute Gasteiger partial charge is 0.278 e. The molecular weight excluding hydrogens is 416 g/mol. The monoisotopic (exact) mass is 438 g/mol. The fourth-order valence-electron chi connectivity index (χ4n) is 3.43.